The zero-order valence-electron chi connectivity index (χ0n) is 18.7. The topological polar surface area (TPSA) is 117 Å². The van der Waals surface area contributed by atoms with E-state index in [1.807, 2.05) is 0 Å². The average molecular weight is 556 g/mol. The first-order chi connectivity index (χ1) is 17.4. The van der Waals surface area contributed by atoms with Crippen LogP contribution in [-0.4, -0.2) is 37.4 Å². The number of amides is 1. The summed E-state index contributed by atoms with van der Waals surface area (Å²) in [6.45, 7) is 3.65. The summed E-state index contributed by atoms with van der Waals surface area (Å²) >= 11 is 3.13. The molecular formula is C24H20BrF2N7O2. The molecule has 1 amide bonds. The third-order valence-electron chi connectivity index (χ3n) is 4.91. The van der Waals surface area contributed by atoms with E-state index in [2.05, 4.69) is 53.5 Å². The summed E-state index contributed by atoms with van der Waals surface area (Å²) in [5, 5.41) is 21.7. The van der Waals surface area contributed by atoms with E-state index in [9.17, 15) is 13.6 Å². The molecule has 9 nitrogen and oxygen atoms in total. The Balaban J connectivity index is 1.72. The van der Waals surface area contributed by atoms with E-state index >= 15 is 0 Å². The number of aromatic nitrogens is 4. The Morgan fingerprint density at radius 3 is 2.69 bits per heavy atom. The van der Waals surface area contributed by atoms with Crippen LogP contribution in [0.3, 0.4) is 0 Å². The number of aliphatic hydroxyl groups is 1. The van der Waals surface area contributed by atoms with Crippen LogP contribution in [0, 0.1) is 11.6 Å². The standard InChI is InChI=1S/C24H20BrF2N7O2/c1-2-22(36)30-15-4-6-19(26)21(10-15)32-23-17(14-3-5-18(25)20(27)9-14)12-28-24(33-23)31-16-11-29-34(13-16)7-8-35/h2-6,9-13,35H,1,7-8H2,(H,30,36)(H2,28,31,32,33). The third kappa shape index (κ3) is 5.90. The maximum atomic E-state index is 14.7. The van der Waals surface area contributed by atoms with Gasteiger partial charge in [-0.2, -0.15) is 10.1 Å². The van der Waals surface area contributed by atoms with Crippen LogP contribution in [0.1, 0.15) is 0 Å². The van der Waals surface area contributed by atoms with Gasteiger partial charge in [0.05, 0.1) is 35.2 Å². The first kappa shape index (κ1) is 24.9. The fourth-order valence-corrected chi connectivity index (χ4v) is 3.46. The summed E-state index contributed by atoms with van der Waals surface area (Å²) in [4.78, 5) is 20.4. The molecule has 0 aliphatic rings. The van der Waals surface area contributed by atoms with Crippen molar-refractivity contribution >= 4 is 50.7 Å². The van der Waals surface area contributed by atoms with Crippen molar-refractivity contribution in [2.24, 2.45) is 0 Å². The maximum absolute atomic E-state index is 14.7. The number of rotatable bonds is 9. The Morgan fingerprint density at radius 1 is 1.11 bits per heavy atom. The molecule has 2 heterocycles. The summed E-state index contributed by atoms with van der Waals surface area (Å²) in [6, 6.07) is 8.51. The summed E-state index contributed by atoms with van der Waals surface area (Å²) in [5.74, 6) is -1.19. The normalized spacial score (nSPS) is 10.7. The Kier molecular flexibility index (Phi) is 7.66. The van der Waals surface area contributed by atoms with E-state index in [0.29, 0.717) is 29.0 Å². The highest BCUT2D eigenvalue weighted by atomic mass is 79.9. The molecule has 36 heavy (non-hydrogen) atoms. The largest absolute Gasteiger partial charge is 0.394 e. The number of aliphatic hydroxyl groups excluding tert-OH is 1. The van der Waals surface area contributed by atoms with Crippen LogP contribution in [0.4, 0.5) is 37.6 Å². The molecule has 0 atom stereocenters. The lowest BCUT2D eigenvalue weighted by molar-refractivity contribution is -0.111. The third-order valence-corrected chi connectivity index (χ3v) is 5.55. The Hall–Kier alpha value is -4.16. The number of carbonyl (C=O) groups is 1. The highest BCUT2D eigenvalue weighted by Crippen LogP contribution is 2.33. The summed E-state index contributed by atoms with van der Waals surface area (Å²) < 4.78 is 30.8. The number of benzene rings is 2. The molecule has 0 aliphatic heterocycles. The van der Waals surface area contributed by atoms with Gasteiger partial charge in [-0.25, -0.2) is 13.8 Å². The fourth-order valence-electron chi connectivity index (χ4n) is 3.21. The van der Waals surface area contributed by atoms with Crippen LogP contribution in [0.15, 0.2) is 72.1 Å². The molecule has 2 aromatic carbocycles. The van der Waals surface area contributed by atoms with E-state index in [1.54, 1.807) is 23.0 Å². The molecule has 0 saturated carbocycles. The van der Waals surface area contributed by atoms with Crippen LogP contribution in [0.2, 0.25) is 0 Å². The second kappa shape index (κ2) is 11.1. The molecule has 0 spiro atoms. The molecule has 0 radical (unpaired) electrons. The minimum Gasteiger partial charge on any atom is -0.394 e. The van der Waals surface area contributed by atoms with Gasteiger partial charge in [-0.15, -0.1) is 0 Å². The van der Waals surface area contributed by atoms with Crippen molar-refractivity contribution in [1.82, 2.24) is 19.7 Å². The minimum atomic E-state index is -0.599. The van der Waals surface area contributed by atoms with Crippen LogP contribution in [-0.2, 0) is 11.3 Å². The first-order valence-electron chi connectivity index (χ1n) is 10.6. The highest BCUT2D eigenvalue weighted by molar-refractivity contribution is 9.10. The van der Waals surface area contributed by atoms with E-state index in [0.717, 1.165) is 6.08 Å². The second-order valence-electron chi connectivity index (χ2n) is 7.44. The van der Waals surface area contributed by atoms with Crippen LogP contribution in [0.5, 0.6) is 0 Å². The Bertz CT molecular complexity index is 1430. The fraction of sp³-hybridized carbons (Fsp3) is 0.0833. The van der Waals surface area contributed by atoms with Gasteiger partial charge in [-0.3, -0.25) is 9.48 Å². The number of carbonyl (C=O) groups excluding carboxylic acids is 1. The monoisotopic (exact) mass is 555 g/mol. The van der Waals surface area contributed by atoms with E-state index in [-0.39, 0.29) is 28.5 Å². The average Bonchev–Trinajstić information content (AvgIpc) is 3.30. The molecule has 0 unspecified atom stereocenters. The molecule has 0 fully saturated rings. The van der Waals surface area contributed by atoms with E-state index < -0.39 is 17.5 Å². The summed E-state index contributed by atoms with van der Waals surface area (Å²) in [7, 11) is 0. The number of halogens is 3. The molecule has 4 aromatic rings. The Morgan fingerprint density at radius 2 is 1.94 bits per heavy atom. The quantitative estimate of drug-likeness (QED) is 0.215. The second-order valence-corrected chi connectivity index (χ2v) is 8.29. The molecule has 12 heteroatoms. The van der Waals surface area contributed by atoms with Crippen molar-refractivity contribution in [2.75, 3.05) is 22.6 Å². The van der Waals surface area contributed by atoms with Gasteiger partial charge in [0.2, 0.25) is 11.9 Å². The van der Waals surface area contributed by atoms with Crippen molar-refractivity contribution in [2.45, 2.75) is 6.54 Å². The van der Waals surface area contributed by atoms with Gasteiger partial charge < -0.3 is 21.1 Å². The molecule has 4 N–H and O–H groups in total. The van der Waals surface area contributed by atoms with Crippen molar-refractivity contribution < 1.29 is 18.7 Å². The van der Waals surface area contributed by atoms with E-state index in [4.69, 9.17) is 5.11 Å². The van der Waals surface area contributed by atoms with Crippen molar-refractivity contribution in [1.29, 1.82) is 0 Å². The molecule has 4 rings (SSSR count). The number of hydrogen-bond donors (Lipinski definition) is 4. The predicted molar refractivity (Wildman–Crippen MR) is 136 cm³/mol. The van der Waals surface area contributed by atoms with E-state index in [1.165, 1.54) is 36.7 Å². The zero-order chi connectivity index (χ0) is 25.7. The minimum absolute atomic E-state index is 0.0242. The molecule has 0 aliphatic carbocycles. The van der Waals surface area contributed by atoms with Gasteiger partial charge in [-0.1, -0.05) is 12.6 Å². The molecule has 2 aromatic heterocycles. The van der Waals surface area contributed by atoms with Crippen LogP contribution < -0.4 is 16.0 Å². The van der Waals surface area contributed by atoms with Gasteiger partial charge in [0, 0.05) is 23.6 Å². The zero-order valence-corrected chi connectivity index (χ0v) is 20.3. The van der Waals surface area contributed by atoms with Crippen LogP contribution >= 0.6 is 15.9 Å². The van der Waals surface area contributed by atoms with Crippen molar-refractivity contribution in [3.8, 4) is 11.1 Å². The summed E-state index contributed by atoms with van der Waals surface area (Å²) in [5.41, 5.74) is 1.79. The first-order valence-corrected chi connectivity index (χ1v) is 11.4. The molecular weight excluding hydrogens is 536 g/mol. The highest BCUT2D eigenvalue weighted by Gasteiger charge is 2.15. The summed E-state index contributed by atoms with van der Waals surface area (Å²) in [6.07, 6.45) is 5.77. The van der Waals surface area contributed by atoms with Gasteiger partial charge in [0.1, 0.15) is 17.5 Å². The predicted octanol–water partition coefficient (Wildman–Crippen LogP) is 4.98. The number of hydrogen-bond acceptors (Lipinski definition) is 7. The molecule has 0 bridgehead atoms. The van der Waals surface area contributed by atoms with Crippen LogP contribution in [0.25, 0.3) is 11.1 Å². The lowest BCUT2D eigenvalue weighted by Crippen LogP contribution is -2.08. The lowest BCUT2D eigenvalue weighted by atomic mass is 10.1. The SMILES string of the molecule is C=CC(=O)Nc1ccc(F)c(Nc2nc(Nc3cnn(CCO)c3)ncc2-c2ccc(Br)c(F)c2)c1. The van der Waals surface area contributed by atoms with Gasteiger partial charge in [0.15, 0.2) is 0 Å². The van der Waals surface area contributed by atoms with Crippen molar-refractivity contribution in [3.63, 3.8) is 0 Å². The molecule has 184 valence electrons. The van der Waals surface area contributed by atoms with Gasteiger partial charge >= 0.3 is 0 Å². The smallest absolute Gasteiger partial charge is 0.247 e. The number of nitrogens with zero attached hydrogens (tertiary/aromatic N) is 4. The lowest BCUT2D eigenvalue weighted by Gasteiger charge is -2.15. The number of anilines is 5. The maximum Gasteiger partial charge on any atom is 0.247 e. The molecule has 0 saturated heterocycles. The Labute approximate surface area is 213 Å². The number of nitrogens with one attached hydrogen (secondary N) is 3. The van der Waals surface area contributed by atoms with Gasteiger partial charge in [0.25, 0.3) is 0 Å². The van der Waals surface area contributed by atoms with Crippen molar-refractivity contribution in [3.05, 3.63) is 83.8 Å². The van der Waals surface area contributed by atoms with Gasteiger partial charge in [-0.05, 0) is 57.9 Å².